The van der Waals surface area contributed by atoms with E-state index in [0.717, 1.165) is 0 Å². The summed E-state index contributed by atoms with van der Waals surface area (Å²) in [6.45, 7) is 7.92. The lowest BCUT2D eigenvalue weighted by molar-refractivity contribution is -0.120. The van der Waals surface area contributed by atoms with Crippen molar-refractivity contribution in [3.63, 3.8) is 0 Å². The van der Waals surface area contributed by atoms with Crippen LogP contribution in [0.4, 0.5) is 10.1 Å². The van der Waals surface area contributed by atoms with E-state index in [2.05, 4.69) is 10.6 Å². The SMILES string of the molecule is Cc1ccc(NCC(=O)NC(C)C(C)C)cc1F. The summed E-state index contributed by atoms with van der Waals surface area (Å²) in [5.74, 6) is 0.0407. The van der Waals surface area contributed by atoms with Gasteiger partial charge >= 0.3 is 0 Å². The summed E-state index contributed by atoms with van der Waals surface area (Å²) < 4.78 is 13.3. The minimum Gasteiger partial charge on any atom is -0.376 e. The molecular formula is C14H21FN2O. The van der Waals surface area contributed by atoms with Crippen molar-refractivity contribution in [1.82, 2.24) is 5.32 Å². The van der Waals surface area contributed by atoms with Crippen molar-refractivity contribution in [2.75, 3.05) is 11.9 Å². The Labute approximate surface area is 108 Å². The monoisotopic (exact) mass is 252 g/mol. The predicted octanol–water partition coefficient (Wildman–Crippen LogP) is 2.71. The van der Waals surface area contributed by atoms with E-state index in [1.807, 2.05) is 20.8 Å². The zero-order valence-corrected chi connectivity index (χ0v) is 11.4. The Morgan fingerprint density at radius 1 is 1.33 bits per heavy atom. The van der Waals surface area contributed by atoms with Gasteiger partial charge in [-0.15, -0.1) is 0 Å². The third-order valence-electron chi connectivity index (χ3n) is 3.01. The van der Waals surface area contributed by atoms with Gasteiger partial charge in [0.15, 0.2) is 0 Å². The Morgan fingerprint density at radius 2 is 2.00 bits per heavy atom. The quantitative estimate of drug-likeness (QED) is 0.846. The molecule has 1 atom stereocenters. The first-order valence-corrected chi connectivity index (χ1v) is 6.19. The van der Waals surface area contributed by atoms with Crippen molar-refractivity contribution in [1.29, 1.82) is 0 Å². The molecule has 1 aromatic carbocycles. The number of carbonyl (C=O) groups is 1. The van der Waals surface area contributed by atoms with Gasteiger partial charge in [-0.1, -0.05) is 19.9 Å². The lowest BCUT2D eigenvalue weighted by atomic mass is 10.1. The van der Waals surface area contributed by atoms with Crippen LogP contribution in [0.5, 0.6) is 0 Å². The van der Waals surface area contributed by atoms with Crippen LogP contribution in [0.25, 0.3) is 0 Å². The van der Waals surface area contributed by atoms with Crippen LogP contribution in [0, 0.1) is 18.7 Å². The molecule has 0 aliphatic heterocycles. The van der Waals surface area contributed by atoms with Crippen LogP contribution in [0.3, 0.4) is 0 Å². The van der Waals surface area contributed by atoms with Crippen molar-refractivity contribution in [2.45, 2.75) is 33.7 Å². The molecule has 1 amide bonds. The van der Waals surface area contributed by atoms with Gasteiger partial charge in [0.05, 0.1) is 6.54 Å². The molecule has 1 aromatic rings. The predicted molar refractivity (Wildman–Crippen MR) is 72.1 cm³/mol. The van der Waals surface area contributed by atoms with Gasteiger partial charge in [-0.3, -0.25) is 4.79 Å². The van der Waals surface area contributed by atoms with Gasteiger partial charge in [0.1, 0.15) is 5.82 Å². The van der Waals surface area contributed by atoms with Gasteiger partial charge in [-0.05, 0) is 37.5 Å². The van der Waals surface area contributed by atoms with E-state index in [1.54, 1.807) is 19.1 Å². The first kappa shape index (κ1) is 14.5. The third kappa shape index (κ3) is 4.35. The normalized spacial score (nSPS) is 12.3. The van der Waals surface area contributed by atoms with Crippen LogP contribution in [0.1, 0.15) is 26.3 Å². The Hall–Kier alpha value is -1.58. The van der Waals surface area contributed by atoms with Crippen molar-refractivity contribution < 1.29 is 9.18 Å². The maximum Gasteiger partial charge on any atom is 0.239 e. The summed E-state index contributed by atoms with van der Waals surface area (Å²) in [7, 11) is 0. The van der Waals surface area contributed by atoms with Crippen molar-refractivity contribution in [3.8, 4) is 0 Å². The maximum atomic E-state index is 13.3. The van der Waals surface area contributed by atoms with Crippen molar-refractivity contribution >= 4 is 11.6 Å². The molecule has 1 rings (SSSR count). The number of halogens is 1. The number of aryl methyl sites for hydroxylation is 1. The fraction of sp³-hybridized carbons (Fsp3) is 0.500. The highest BCUT2D eigenvalue weighted by Gasteiger charge is 2.10. The zero-order valence-electron chi connectivity index (χ0n) is 11.4. The second-order valence-electron chi connectivity index (χ2n) is 4.92. The largest absolute Gasteiger partial charge is 0.376 e. The van der Waals surface area contributed by atoms with Crippen molar-refractivity contribution in [2.24, 2.45) is 5.92 Å². The molecule has 0 aliphatic rings. The minimum absolute atomic E-state index is 0.0859. The number of amides is 1. The van der Waals surface area contributed by atoms with Crippen LogP contribution in [0.2, 0.25) is 0 Å². The summed E-state index contributed by atoms with van der Waals surface area (Å²) in [5.41, 5.74) is 1.21. The van der Waals surface area contributed by atoms with Gasteiger partial charge in [-0.25, -0.2) is 4.39 Å². The van der Waals surface area contributed by atoms with Crippen LogP contribution < -0.4 is 10.6 Å². The Morgan fingerprint density at radius 3 is 2.56 bits per heavy atom. The second-order valence-corrected chi connectivity index (χ2v) is 4.92. The summed E-state index contributed by atoms with van der Waals surface area (Å²) in [6.07, 6.45) is 0. The molecule has 0 spiro atoms. The van der Waals surface area contributed by atoms with Gasteiger partial charge < -0.3 is 10.6 Å². The molecule has 4 heteroatoms. The molecule has 0 heterocycles. The number of nitrogens with one attached hydrogen (secondary N) is 2. The van der Waals surface area contributed by atoms with E-state index in [4.69, 9.17) is 0 Å². The highest BCUT2D eigenvalue weighted by atomic mass is 19.1. The smallest absolute Gasteiger partial charge is 0.239 e. The molecule has 1 unspecified atom stereocenters. The molecule has 3 nitrogen and oxygen atoms in total. The summed E-state index contributed by atoms with van der Waals surface area (Å²) >= 11 is 0. The third-order valence-corrected chi connectivity index (χ3v) is 3.01. The summed E-state index contributed by atoms with van der Waals surface area (Å²) in [6, 6.07) is 4.98. The topological polar surface area (TPSA) is 41.1 Å². The molecule has 0 aliphatic carbocycles. The number of anilines is 1. The molecule has 2 N–H and O–H groups in total. The van der Waals surface area contributed by atoms with Crippen LogP contribution in [-0.2, 0) is 4.79 Å². The molecule has 0 bridgehead atoms. The Balaban J connectivity index is 2.45. The summed E-state index contributed by atoms with van der Waals surface area (Å²) in [4.78, 5) is 11.6. The summed E-state index contributed by atoms with van der Waals surface area (Å²) in [5, 5.41) is 5.79. The Bertz CT molecular complexity index is 418. The molecule has 0 fully saturated rings. The highest BCUT2D eigenvalue weighted by molar-refractivity contribution is 5.80. The standard InChI is InChI=1S/C14H21FN2O/c1-9(2)11(4)17-14(18)8-16-12-6-5-10(3)13(15)7-12/h5-7,9,11,16H,8H2,1-4H3,(H,17,18). The van der Waals surface area contributed by atoms with Crippen molar-refractivity contribution in [3.05, 3.63) is 29.6 Å². The molecule has 18 heavy (non-hydrogen) atoms. The molecule has 0 radical (unpaired) electrons. The number of hydrogen-bond donors (Lipinski definition) is 2. The first-order valence-electron chi connectivity index (χ1n) is 6.19. The van der Waals surface area contributed by atoms with Gasteiger partial charge in [0, 0.05) is 11.7 Å². The van der Waals surface area contributed by atoms with E-state index in [-0.39, 0.29) is 24.3 Å². The molecule has 0 saturated heterocycles. The minimum atomic E-state index is -0.268. The van der Waals surface area contributed by atoms with E-state index in [1.165, 1.54) is 6.07 Å². The lowest BCUT2D eigenvalue weighted by Crippen LogP contribution is -2.39. The highest BCUT2D eigenvalue weighted by Crippen LogP contribution is 2.13. The van der Waals surface area contributed by atoms with E-state index in [9.17, 15) is 9.18 Å². The number of benzene rings is 1. The fourth-order valence-electron chi connectivity index (χ4n) is 1.36. The van der Waals surface area contributed by atoms with E-state index in [0.29, 0.717) is 17.2 Å². The maximum absolute atomic E-state index is 13.3. The average molecular weight is 252 g/mol. The molecule has 0 saturated carbocycles. The molecule has 0 aromatic heterocycles. The number of carbonyl (C=O) groups excluding carboxylic acids is 1. The van der Waals surface area contributed by atoms with E-state index < -0.39 is 0 Å². The first-order chi connectivity index (χ1) is 8.40. The van der Waals surface area contributed by atoms with Gasteiger partial charge in [-0.2, -0.15) is 0 Å². The molecular weight excluding hydrogens is 231 g/mol. The zero-order chi connectivity index (χ0) is 13.7. The average Bonchev–Trinajstić information content (AvgIpc) is 2.30. The van der Waals surface area contributed by atoms with E-state index >= 15 is 0 Å². The van der Waals surface area contributed by atoms with Crippen LogP contribution in [0.15, 0.2) is 18.2 Å². The molecule has 100 valence electrons. The number of rotatable bonds is 5. The lowest BCUT2D eigenvalue weighted by Gasteiger charge is -2.17. The Kier molecular flexibility index (Phi) is 5.13. The van der Waals surface area contributed by atoms with Gasteiger partial charge in [0.2, 0.25) is 5.91 Å². The van der Waals surface area contributed by atoms with Gasteiger partial charge in [0.25, 0.3) is 0 Å². The number of hydrogen-bond acceptors (Lipinski definition) is 2. The fourth-order valence-corrected chi connectivity index (χ4v) is 1.36. The van der Waals surface area contributed by atoms with Crippen LogP contribution in [-0.4, -0.2) is 18.5 Å². The second kappa shape index (κ2) is 6.38. The van der Waals surface area contributed by atoms with Crippen LogP contribution >= 0.6 is 0 Å².